The fraction of sp³-hybridized carbons (Fsp3) is 0.350. The molecule has 5 rings (SSSR count). The Balaban J connectivity index is 1.49. The Kier molecular flexibility index (Phi) is 4.09. The maximum atomic E-state index is 12.8. The van der Waals surface area contributed by atoms with Crippen molar-refractivity contribution in [3.63, 3.8) is 0 Å². The quantitative estimate of drug-likeness (QED) is 0.486. The van der Waals surface area contributed by atoms with Gasteiger partial charge in [0.1, 0.15) is 10.7 Å². The number of benzene rings is 1. The van der Waals surface area contributed by atoms with E-state index in [9.17, 15) is 4.79 Å². The molecule has 0 saturated heterocycles. The number of nitrogens with one attached hydrogen (secondary N) is 2. The van der Waals surface area contributed by atoms with Crippen molar-refractivity contribution < 1.29 is 0 Å². The van der Waals surface area contributed by atoms with Crippen LogP contribution in [0.15, 0.2) is 34.2 Å². The van der Waals surface area contributed by atoms with Crippen LogP contribution in [0.4, 0.5) is 0 Å². The zero-order valence-electron chi connectivity index (χ0n) is 15.2. The van der Waals surface area contributed by atoms with Crippen LogP contribution in [-0.2, 0) is 12.8 Å². The summed E-state index contributed by atoms with van der Waals surface area (Å²) in [5.74, 6) is 1.40. The van der Waals surface area contributed by atoms with E-state index in [4.69, 9.17) is 4.98 Å². The van der Waals surface area contributed by atoms with Gasteiger partial charge in [-0.25, -0.2) is 9.97 Å². The lowest BCUT2D eigenvalue weighted by Crippen LogP contribution is -2.15. The first-order chi connectivity index (χ1) is 13.1. The number of H-pyrrole nitrogens is 2. The molecule has 4 aromatic rings. The Bertz CT molecular complexity index is 1170. The molecule has 138 valence electrons. The maximum Gasteiger partial charge on any atom is 0.259 e. The second-order valence-electron chi connectivity index (χ2n) is 7.30. The molecule has 0 bridgehead atoms. The number of fused-ring (bicyclic) bond motifs is 4. The number of nitrogens with zero attached hydrogens (tertiary/aromatic N) is 2. The van der Waals surface area contributed by atoms with Gasteiger partial charge in [-0.1, -0.05) is 30.8 Å². The summed E-state index contributed by atoms with van der Waals surface area (Å²) in [6.07, 6.45) is 3.21. The van der Waals surface area contributed by atoms with Crippen LogP contribution in [0.3, 0.4) is 0 Å². The lowest BCUT2D eigenvalue weighted by molar-refractivity contribution is 0.509. The molecule has 0 spiro atoms. The van der Waals surface area contributed by atoms with Crippen molar-refractivity contribution in [1.82, 2.24) is 19.9 Å². The van der Waals surface area contributed by atoms with Crippen LogP contribution >= 0.6 is 23.1 Å². The second kappa shape index (κ2) is 6.49. The molecule has 1 aromatic carbocycles. The van der Waals surface area contributed by atoms with Gasteiger partial charge in [0.2, 0.25) is 0 Å². The molecule has 2 N–H and O–H groups in total. The molecular weight excluding hydrogens is 376 g/mol. The van der Waals surface area contributed by atoms with E-state index < -0.39 is 0 Å². The van der Waals surface area contributed by atoms with E-state index in [0.29, 0.717) is 11.7 Å². The fourth-order valence-corrected chi connectivity index (χ4v) is 6.04. The number of aromatic amines is 2. The van der Waals surface area contributed by atoms with Gasteiger partial charge >= 0.3 is 0 Å². The van der Waals surface area contributed by atoms with Crippen molar-refractivity contribution in [2.45, 2.75) is 43.5 Å². The van der Waals surface area contributed by atoms with Crippen LogP contribution in [0.5, 0.6) is 0 Å². The molecule has 0 saturated carbocycles. The third-order valence-corrected chi connectivity index (χ3v) is 7.37. The van der Waals surface area contributed by atoms with Gasteiger partial charge in [-0.3, -0.25) is 4.79 Å². The van der Waals surface area contributed by atoms with Crippen LogP contribution in [0.1, 0.15) is 41.8 Å². The highest BCUT2D eigenvalue weighted by Crippen LogP contribution is 2.37. The molecule has 0 fully saturated rings. The summed E-state index contributed by atoms with van der Waals surface area (Å²) in [4.78, 5) is 30.8. The van der Waals surface area contributed by atoms with Gasteiger partial charge in [-0.2, -0.15) is 0 Å². The van der Waals surface area contributed by atoms with Crippen LogP contribution < -0.4 is 5.56 Å². The molecule has 5 nitrogen and oxygen atoms in total. The summed E-state index contributed by atoms with van der Waals surface area (Å²) in [6, 6.07) is 7.97. The van der Waals surface area contributed by atoms with Gasteiger partial charge in [0.25, 0.3) is 5.56 Å². The number of para-hydroxylation sites is 2. The van der Waals surface area contributed by atoms with Gasteiger partial charge in [0.15, 0.2) is 5.16 Å². The summed E-state index contributed by atoms with van der Waals surface area (Å²) in [5, 5.41) is 1.65. The van der Waals surface area contributed by atoms with Gasteiger partial charge < -0.3 is 9.97 Å². The molecule has 1 aliphatic rings. The van der Waals surface area contributed by atoms with Crippen LogP contribution in [-0.4, -0.2) is 19.9 Å². The first-order valence-electron chi connectivity index (χ1n) is 9.24. The largest absolute Gasteiger partial charge is 0.333 e. The number of aryl methyl sites for hydroxylation is 1. The molecule has 0 aliphatic heterocycles. The second-order valence-corrected chi connectivity index (χ2v) is 9.72. The maximum absolute atomic E-state index is 12.8. The standard InChI is InChI=1S/C20H20N4OS2/c1-10-7-8-12-15(9-10)27-19-16(12)18(25)23-17(24-19)11(2)26-20-21-13-5-3-4-6-14(13)22-20/h3-6,10-11H,7-9H2,1-2H3,(H,21,22)(H,23,24,25)/t10-,11+/m0/s1. The van der Waals surface area contributed by atoms with Crippen LogP contribution in [0.2, 0.25) is 0 Å². The SMILES string of the molecule is C[C@H]1CCc2c(sc3nc([C@@H](C)Sc4nc5ccccc5[nH]4)[nH]c(=O)c23)C1. The van der Waals surface area contributed by atoms with E-state index in [2.05, 4.69) is 28.8 Å². The van der Waals surface area contributed by atoms with Gasteiger partial charge in [-0.15, -0.1) is 11.3 Å². The van der Waals surface area contributed by atoms with Crippen LogP contribution in [0.25, 0.3) is 21.3 Å². The van der Waals surface area contributed by atoms with Crippen molar-refractivity contribution in [1.29, 1.82) is 0 Å². The van der Waals surface area contributed by atoms with Crippen molar-refractivity contribution in [3.8, 4) is 0 Å². The number of rotatable bonds is 3. The smallest absolute Gasteiger partial charge is 0.259 e. The highest BCUT2D eigenvalue weighted by atomic mass is 32.2. The molecule has 0 amide bonds. The molecule has 0 unspecified atom stereocenters. The minimum atomic E-state index is -0.000825. The molecule has 1 aliphatic carbocycles. The first kappa shape index (κ1) is 17.0. The van der Waals surface area contributed by atoms with Gasteiger partial charge in [0.05, 0.1) is 21.7 Å². The number of hydrogen-bond acceptors (Lipinski definition) is 5. The molecule has 3 aromatic heterocycles. The lowest BCUT2D eigenvalue weighted by atomic mass is 9.89. The third kappa shape index (κ3) is 2.99. The minimum Gasteiger partial charge on any atom is -0.333 e. The summed E-state index contributed by atoms with van der Waals surface area (Å²) in [6.45, 7) is 4.33. The monoisotopic (exact) mass is 396 g/mol. The molecular formula is C20H20N4OS2. The minimum absolute atomic E-state index is 0.000661. The lowest BCUT2D eigenvalue weighted by Gasteiger charge is -2.17. The fourth-order valence-electron chi connectivity index (χ4n) is 3.77. The van der Waals surface area contributed by atoms with E-state index in [1.54, 1.807) is 23.1 Å². The van der Waals surface area contributed by atoms with E-state index in [1.165, 1.54) is 10.4 Å². The van der Waals surface area contributed by atoms with E-state index in [1.807, 2.05) is 24.3 Å². The average Bonchev–Trinajstić information content (AvgIpc) is 3.21. The van der Waals surface area contributed by atoms with E-state index in [0.717, 1.165) is 45.7 Å². The Morgan fingerprint density at radius 1 is 1.26 bits per heavy atom. The van der Waals surface area contributed by atoms with Crippen molar-refractivity contribution in [3.05, 3.63) is 50.9 Å². The Morgan fingerprint density at radius 3 is 2.96 bits per heavy atom. The molecule has 7 heteroatoms. The molecule has 0 radical (unpaired) electrons. The Hall–Kier alpha value is -2.12. The number of thiophene rings is 1. The number of imidazole rings is 1. The highest BCUT2D eigenvalue weighted by Gasteiger charge is 2.24. The number of hydrogen-bond donors (Lipinski definition) is 2. The van der Waals surface area contributed by atoms with E-state index >= 15 is 0 Å². The molecule has 27 heavy (non-hydrogen) atoms. The first-order valence-corrected chi connectivity index (χ1v) is 10.9. The molecule has 2 atom stereocenters. The Morgan fingerprint density at radius 2 is 2.11 bits per heavy atom. The predicted octanol–water partition coefficient (Wildman–Crippen LogP) is 4.84. The summed E-state index contributed by atoms with van der Waals surface area (Å²) >= 11 is 3.28. The van der Waals surface area contributed by atoms with E-state index in [-0.39, 0.29) is 10.8 Å². The summed E-state index contributed by atoms with van der Waals surface area (Å²) in [7, 11) is 0. The predicted molar refractivity (Wildman–Crippen MR) is 112 cm³/mol. The molecule has 3 heterocycles. The number of thioether (sulfide) groups is 1. The Labute approximate surface area is 164 Å². The number of aromatic nitrogens is 4. The van der Waals surface area contributed by atoms with Gasteiger partial charge in [0, 0.05) is 4.88 Å². The van der Waals surface area contributed by atoms with Crippen molar-refractivity contribution in [2.24, 2.45) is 5.92 Å². The topological polar surface area (TPSA) is 74.4 Å². The normalized spacial score (nSPS) is 18.1. The van der Waals surface area contributed by atoms with Crippen LogP contribution in [0, 0.1) is 5.92 Å². The summed E-state index contributed by atoms with van der Waals surface area (Å²) in [5.41, 5.74) is 3.19. The average molecular weight is 397 g/mol. The zero-order valence-corrected chi connectivity index (χ0v) is 16.8. The van der Waals surface area contributed by atoms with Crippen molar-refractivity contribution >= 4 is 44.3 Å². The summed E-state index contributed by atoms with van der Waals surface area (Å²) < 4.78 is 0. The van der Waals surface area contributed by atoms with Gasteiger partial charge in [-0.05, 0) is 49.8 Å². The van der Waals surface area contributed by atoms with Crippen molar-refractivity contribution in [2.75, 3.05) is 0 Å². The third-order valence-electron chi connectivity index (χ3n) is 5.22. The highest BCUT2D eigenvalue weighted by molar-refractivity contribution is 7.99. The zero-order chi connectivity index (χ0) is 18.5.